The molecule has 0 bridgehead atoms. The zero-order valence-electron chi connectivity index (χ0n) is 18.4. The minimum absolute atomic E-state index is 0.110. The molecule has 0 aliphatic rings. The first-order valence-corrected chi connectivity index (χ1v) is 11.4. The minimum atomic E-state index is -0.110. The average molecular weight is 439 g/mol. The first kappa shape index (κ1) is 23.2. The van der Waals surface area contributed by atoms with Crippen molar-refractivity contribution in [1.29, 1.82) is 0 Å². The van der Waals surface area contributed by atoms with Gasteiger partial charge in [-0.05, 0) is 75.2 Å². The number of carbonyl (C=O) groups excluding carboxylic acids is 2. The van der Waals surface area contributed by atoms with Crippen molar-refractivity contribution in [3.05, 3.63) is 69.9 Å². The van der Waals surface area contributed by atoms with Crippen LogP contribution >= 0.6 is 11.6 Å². The van der Waals surface area contributed by atoms with E-state index in [0.717, 1.165) is 66.4 Å². The summed E-state index contributed by atoms with van der Waals surface area (Å²) in [4.78, 5) is 26.0. The van der Waals surface area contributed by atoms with Crippen LogP contribution in [-0.2, 0) is 11.2 Å². The molecule has 0 unspecified atom stereocenters. The Bertz CT molecular complexity index is 1070. The average Bonchev–Trinajstić information content (AvgIpc) is 3.01. The largest absolute Gasteiger partial charge is 0.330 e. The van der Waals surface area contributed by atoms with Crippen LogP contribution in [-0.4, -0.2) is 22.8 Å². The van der Waals surface area contributed by atoms with E-state index in [4.69, 9.17) is 17.3 Å². The molecule has 164 valence electrons. The number of unbranched alkanes of at least 4 members (excludes halogenated alkanes) is 4. The molecule has 0 fully saturated rings. The second kappa shape index (κ2) is 10.7. The maximum absolute atomic E-state index is 13.3. The highest BCUT2D eigenvalue weighted by Gasteiger charge is 2.21. The van der Waals surface area contributed by atoms with Crippen LogP contribution in [0.2, 0.25) is 5.02 Å². The van der Waals surface area contributed by atoms with E-state index in [1.165, 1.54) is 0 Å². The standard InChI is InChI=1S/C26H31ClN2O2/c1-18-9-14-25-24(16-18)23(17-22(30)8-6-4-3-5-7-15-28)19(2)29(25)26(31)20-10-12-21(27)13-11-20/h9-14,16H,3-8,15,17,28H2,1-2H3. The first-order chi connectivity index (χ1) is 14.9. The molecule has 2 aromatic carbocycles. The molecule has 0 radical (unpaired) electrons. The SMILES string of the molecule is Cc1ccc2c(c1)c(CC(=O)CCCCCCCN)c(C)n2C(=O)c1ccc(Cl)cc1. The Kier molecular flexibility index (Phi) is 8.05. The number of carbonyl (C=O) groups is 2. The molecule has 3 aromatic rings. The number of aryl methyl sites for hydroxylation is 1. The van der Waals surface area contributed by atoms with E-state index < -0.39 is 0 Å². The Morgan fingerprint density at radius 2 is 1.61 bits per heavy atom. The Labute approximate surface area is 189 Å². The summed E-state index contributed by atoms with van der Waals surface area (Å²) in [5, 5.41) is 1.58. The Morgan fingerprint density at radius 1 is 0.935 bits per heavy atom. The van der Waals surface area contributed by atoms with E-state index in [9.17, 15) is 9.59 Å². The number of hydrogen-bond donors (Lipinski definition) is 1. The predicted octanol–water partition coefficient (Wildman–Crippen LogP) is 6.01. The van der Waals surface area contributed by atoms with Gasteiger partial charge in [-0.15, -0.1) is 0 Å². The van der Waals surface area contributed by atoms with Crippen LogP contribution in [0.4, 0.5) is 0 Å². The predicted molar refractivity (Wildman–Crippen MR) is 128 cm³/mol. The molecule has 0 aliphatic heterocycles. The molecule has 3 rings (SSSR count). The Hall–Kier alpha value is -2.43. The van der Waals surface area contributed by atoms with Crippen molar-refractivity contribution in [2.45, 2.75) is 58.8 Å². The van der Waals surface area contributed by atoms with Gasteiger partial charge >= 0.3 is 0 Å². The maximum Gasteiger partial charge on any atom is 0.262 e. The quantitative estimate of drug-likeness (QED) is 0.394. The molecular formula is C26H31ClN2O2. The van der Waals surface area contributed by atoms with Crippen LogP contribution in [0.25, 0.3) is 10.9 Å². The van der Waals surface area contributed by atoms with Crippen LogP contribution in [0.1, 0.15) is 65.7 Å². The lowest BCUT2D eigenvalue weighted by atomic mass is 10.0. The van der Waals surface area contributed by atoms with Crippen molar-refractivity contribution < 1.29 is 9.59 Å². The van der Waals surface area contributed by atoms with E-state index in [1.54, 1.807) is 28.8 Å². The number of nitrogens with two attached hydrogens (primary N) is 1. The molecule has 4 nitrogen and oxygen atoms in total. The molecule has 0 aliphatic carbocycles. The van der Waals surface area contributed by atoms with Crippen LogP contribution in [0, 0.1) is 13.8 Å². The van der Waals surface area contributed by atoms with Gasteiger partial charge in [0.1, 0.15) is 5.78 Å². The number of benzene rings is 2. The van der Waals surface area contributed by atoms with E-state index in [0.29, 0.717) is 23.4 Å². The number of nitrogens with zero attached hydrogens (tertiary/aromatic N) is 1. The number of fused-ring (bicyclic) bond motifs is 1. The highest BCUT2D eigenvalue weighted by Crippen LogP contribution is 2.29. The minimum Gasteiger partial charge on any atom is -0.330 e. The van der Waals surface area contributed by atoms with Gasteiger partial charge in [0.25, 0.3) is 5.91 Å². The fourth-order valence-corrected chi connectivity index (χ4v) is 4.21. The molecule has 5 heteroatoms. The highest BCUT2D eigenvalue weighted by molar-refractivity contribution is 6.30. The van der Waals surface area contributed by atoms with Crippen LogP contribution < -0.4 is 5.73 Å². The molecule has 0 spiro atoms. The van der Waals surface area contributed by atoms with Gasteiger partial charge in [-0.3, -0.25) is 14.2 Å². The van der Waals surface area contributed by atoms with E-state index in [-0.39, 0.29) is 11.7 Å². The van der Waals surface area contributed by atoms with Gasteiger partial charge in [0.2, 0.25) is 0 Å². The smallest absolute Gasteiger partial charge is 0.262 e. The third-order valence-corrected chi connectivity index (χ3v) is 6.07. The van der Waals surface area contributed by atoms with Gasteiger partial charge < -0.3 is 5.73 Å². The van der Waals surface area contributed by atoms with Crippen molar-refractivity contribution in [3.63, 3.8) is 0 Å². The van der Waals surface area contributed by atoms with E-state index in [2.05, 4.69) is 6.07 Å². The number of halogens is 1. The number of hydrogen-bond acceptors (Lipinski definition) is 3. The lowest BCUT2D eigenvalue weighted by molar-refractivity contribution is -0.118. The zero-order chi connectivity index (χ0) is 22.4. The molecule has 0 saturated carbocycles. The summed E-state index contributed by atoms with van der Waals surface area (Å²) in [5.41, 5.74) is 9.83. The second-order valence-corrected chi connectivity index (χ2v) is 8.69. The summed E-state index contributed by atoms with van der Waals surface area (Å²) < 4.78 is 1.73. The van der Waals surface area contributed by atoms with Gasteiger partial charge in [0, 0.05) is 34.5 Å². The number of rotatable bonds is 10. The fourth-order valence-electron chi connectivity index (χ4n) is 4.09. The number of Topliss-reactive ketones (excluding diaryl/α,β-unsaturated/α-hetero) is 1. The second-order valence-electron chi connectivity index (χ2n) is 8.25. The fraction of sp³-hybridized carbons (Fsp3) is 0.385. The van der Waals surface area contributed by atoms with Gasteiger partial charge in [-0.2, -0.15) is 0 Å². The van der Waals surface area contributed by atoms with Gasteiger partial charge in [-0.1, -0.05) is 42.5 Å². The maximum atomic E-state index is 13.3. The first-order valence-electron chi connectivity index (χ1n) is 11.0. The summed E-state index contributed by atoms with van der Waals surface area (Å²) in [7, 11) is 0. The van der Waals surface area contributed by atoms with Crippen LogP contribution in [0.3, 0.4) is 0 Å². The van der Waals surface area contributed by atoms with E-state index >= 15 is 0 Å². The molecule has 1 heterocycles. The molecule has 1 aromatic heterocycles. The van der Waals surface area contributed by atoms with E-state index in [1.807, 2.05) is 26.0 Å². The summed E-state index contributed by atoms with van der Waals surface area (Å²) in [5.74, 6) is 0.114. The summed E-state index contributed by atoms with van der Waals surface area (Å²) in [6, 6.07) is 13.0. The molecule has 0 amide bonds. The lowest BCUT2D eigenvalue weighted by Crippen LogP contribution is -2.14. The van der Waals surface area contributed by atoms with Crippen molar-refractivity contribution in [2.24, 2.45) is 5.73 Å². The molecular weight excluding hydrogens is 408 g/mol. The van der Waals surface area contributed by atoms with Gasteiger partial charge in [0.15, 0.2) is 0 Å². The van der Waals surface area contributed by atoms with Crippen LogP contribution in [0.15, 0.2) is 42.5 Å². The third-order valence-electron chi connectivity index (χ3n) is 5.82. The number of ketones is 1. The van der Waals surface area contributed by atoms with Crippen LogP contribution in [0.5, 0.6) is 0 Å². The lowest BCUT2D eigenvalue weighted by Gasteiger charge is -2.08. The van der Waals surface area contributed by atoms with Crippen molar-refractivity contribution in [2.75, 3.05) is 6.54 Å². The summed E-state index contributed by atoms with van der Waals surface area (Å²) in [6.45, 7) is 4.69. The molecule has 31 heavy (non-hydrogen) atoms. The summed E-state index contributed by atoms with van der Waals surface area (Å²) >= 11 is 5.98. The van der Waals surface area contributed by atoms with Crippen molar-refractivity contribution in [1.82, 2.24) is 4.57 Å². The number of aromatic nitrogens is 1. The third kappa shape index (κ3) is 5.63. The molecule has 2 N–H and O–H groups in total. The Morgan fingerprint density at radius 3 is 2.32 bits per heavy atom. The topological polar surface area (TPSA) is 65.1 Å². The van der Waals surface area contributed by atoms with Gasteiger partial charge in [-0.25, -0.2) is 0 Å². The van der Waals surface area contributed by atoms with Gasteiger partial charge in [0.05, 0.1) is 5.52 Å². The summed E-state index contributed by atoms with van der Waals surface area (Å²) in [6.07, 6.45) is 6.19. The van der Waals surface area contributed by atoms with Crippen molar-refractivity contribution >= 4 is 34.2 Å². The highest BCUT2D eigenvalue weighted by atomic mass is 35.5. The monoisotopic (exact) mass is 438 g/mol. The van der Waals surface area contributed by atoms with Crippen molar-refractivity contribution in [3.8, 4) is 0 Å². The Balaban J connectivity index is 1.84. The molecule has 0 atom stereocenters. The zero-order valence-corrected chi connectivity index (χ0v) is 19.2. The molecule has 0 saturated heterocycles. The normalized spacial score (nSPS) is 11.2.